The Balaban J connectivity index is 1.76. The van der Waals surface area contributed by atoms with Crippen LogP contribution in [-0.4, -0.2) is 50.6 Å². The highest BCUT2D eigenvalue weighted by Crippen LogP contribution is 2.29. The molecule has 2 amide bonds. The van der Waals surface area contributed by atoms with E-state index in [2.05, 4.69) is 0 Å². The van der Waals surface area contributed by atoms with Gasteiger partial charge in [-0.15, -0.1) is 0 Å². The lowest BCUT2D eigenvalue weighted by molar-refractivity contribution is -0.120. The molecule has 0 radical (unpaired) electrons. The molecular formula is C20H22N2O4. The number of para-hydroxylation sites is 2. The lowest BCUT2D eigenvalue weighted by Crippen LogP contribution is -2.52. The third-order valence-corrected chi connectivity index (χ3v) is 4.55. The molecule has 1 aliphatic heterocycles. The number of nitrogens with zero attached hydrogens (tertiary/aromatic N) is 2. The van der Waals surface area contributed by atoms with Crippen molar-refractivity contribution < 1.29 is 19.1 Å². The van der Waals surface area contributed by atoms with Crippen molar-refractivity contribution in [2.24, 2.45) is 0 Å². The van der Waals surface area contributed by atoms with Gasteiger partial charge in [-0.1, -0.05) is 12.1 Å². The molecule has 6 heteroatoms. The summed E-state index contributed by atoms with van der Waals surface area (Å²) in [5.41, 5.74) is 2.14. The van der Waals surface area contributed by atoms with E-state index in [9.17, 15) is 9.59 Å². The van der Waals surface area contributed by atoms with Crippen LogP contribution in [0.25, 0.3) is 0 Å². The Morgan fingerprint density at radius 2 is 1.81 bits per heavy atom. The van der Waals surface area contributed by atoms with Crippen molar-refractivity contribution in [3.63, 3.8) is 0 Å². The second-order valence-corrected chi connectivity index (χ2v) is 6.12. The molecule has 0 atom stereocenters. The van der Waals surface area contributed by atoms with E-state index in [-0.39, 0.29) is 18.4 Å². The fourth-order valence-electron chi connectivity index (χ4n) is 3.13. The lowest BCUT2D eigenvalue weighted by Gasteiger charge is -2.35. The normalized spacial score (nSPS) is 14.3. The predicted octanol–water partition coefficient (Wildman–Crippen LogP) is 2.50. The monoisotopic (exact) mass is 354 g/mol. The molecule has 0 bridgehead atoms. The van der Waals surface area contributed by atoms with Gasteiger partial charge in [0.15, 0.2) is 0 Å². The van der Waals surface area contributed by atoms with Crippen molar-refractivity contribution in [3.05, 3.63) is 53.6 Å². The Bertz CT molecular complexity index is 834. The molecule has 0 aromatic heterocycles. The van der Waals surface area contributed by atoms with Crippen LogP contribution in [0, 0.1) is 6.92 Å². The third-order valence-electron chi connectivity index (χ3n) is 4.55. The van der Waals surface area contributed by atoms with Gasteiger partial charge in [0.05, 0.1) is 19.9 Å². The average molecular weight is 354 g/mol. The summed E-state index contributed by atoms with van der Waals surface area (Å²) in [5.74, 6) is 1.08. The molecule has 136 valence electrons. The number of carbonyl (C=O) groups excluding carboxylic acids is 2. The highest BCUT2D eigenvalue weighted by molar-refractivity contribution is 6.02. The van der Waals surface area contributed by atoms with Crippen molar-refractivity contribution in [3.8, 4) is 11.5 Å². The van der Waals surface area contributed by atoms with E-state index in [4.69, 9.17) is 9.47 Å². The number of carbonyl (C=O) groups is 2. The second-order valence-electron chi connectivity index (χ2n) is 6.12. The van der Waals surface area contributed by atoms with Crippen LogP contribution in [0.2, 0.25) is 0 Å². The fourth-order valence-corrected chi connectivity index (χ4v) is 3.13. The van der Waals surface area contributed by atoms with Crippen LogP contribution >= 0.6 is 0 Å². The van der Waals surface area contributed by atoms with Crippen LogP contribution in [0.15, 0.2) is 42.5 Å². The number of rotatable bonds is 4. The molecular weight excluding hydrogens is 332 g/mol. The number of hydrogen-bond donors (Lipinski definition) is 0. The van der Waals surface area contributed by atoms with Crippen molar-refractivity contribution in [2.45, 2.75) is 6.92 Å². The maximum absolute atomic E-state index is 12.8. The summed E-state index contributed by atoms with van der Waals surface area (Å²) in [5, 5.41) is 0. The Hall–Kier alpha value is -3.02. The van der Waals surface area contributed by atoms with E-state index in [0.29, 0.717) is 30.2 Å². The van der Waals surface area contributed by atoms with Gasteiger partial charge in [0.25, 0.3) is 5.91 Å². The second kappa shape index (κ2) is 7.47. The van der Waals surface area contributed by atoms with E-state index < -0.39 is 0 Å². The smallest absolute Gasteiger partial charge is 0.254 e. The molecule has 2 aromatic carbocycles. The van der Waals surface area contributed by atoms with Crippen molar-refractivity contribution >= 4 is 17.5 Å². The molecule has 2 aromatic rings. The van der Waals surface area contributed by atoms with Gasteiger partial charge >= 0.3 is 0 Å². The first-order valence-electron chi connectivity index (χ1n) is 8.42. The molecule has 1 fully saturated rings. The quantitative estimate of drug-likeness (QED) is 0.846. The molecule has 0 unspecified atom stereocenters. The first kappa shape index (κ1) is 17.8. The van der Waals surface area contributed by atoms with E-state index in [1.54, 1.807) is 36.2 Å². The highest BCUT2D eigenvalue weighted by atomic mass is 16.5. The van der Waals surface area contributed by atoms with Gasteiger partial charge < -0.3 is 19.3 Å². The van der Waals surface area contributed by atoms with Crippen molar-refractivity contribution in [1.29, 1.82) is 0 Å². The highest BCUT2D eigenvalue weighted by Gasteiger charge is 2.30. The van der Waals surface area contributed by atoms with Crippen molar-refractivity contribution in [2.75, 3.05) is 38.8 Å². The van der Waals surface area contributed by atoms with Crippen LogP contribution in [0.4, 0.5) is 5.69 Å². The third kappa shape index (κ3) is 3.35. The zero-order valence-corrected chi connectivity index (χ0v) is 15.2. The van der Waals surface area contributed by atoms with E-state index in [1.165, 1.54) is 0 Å². The summed E-state index contributed by atoms with van der Waals surface area (Å²) in [6.07, 6.45) is 0. The van der Waals surface area contributed by atoms with Gasteiger partial charge in [0, 0.05) is 18.7 Å². The SMILES string of the molecule is COc1ccc(C(=O)N2CCN(c3ccccc3OC)C(=O)C2)c(C)c1. The fraction of sp³-hybridized carbons (Fsp3) is 0.300. The minimum atomic E-state index is -0.141. The van der Waals surface area contributed by atoms with Gasteiger partial charge in [-0.3, -0.25) is 9.59 Å². The van der Waals surface area contributed by atoms with Crippen molar-refractivity contribution in [1.82, 2.24) is 4.90 Å². The molecule has 0 saturated carbocycles. The van der Waals surface area contributed by atoms with Crippen LogP contribution < -0.4 is 14.4 Å². The maximum atomic E-state index is 12.8. The summed E-state index contributed by atoms with van der Waals surface area (Å²) in [6, 6.07) is 12.7. The van der Waals surface area contributed by atoms with E-state index in [0.717, 1.165) is 11.3 Å². The molecule has 1 saturated heterocycles. The number of methoxy groups -OCH3 is 2. The lowest BCUT2D eigenvalue weighted by atomic mass is 10.1. The number of piperazine rings is 1. The largest absolute Gasteiger partial charge is 0.497 e. The number of amides is 2. The number of benzene rings is 2. The Kier molecular flexibility index (Phi) is 5.11. The summed E-state index contributed by atoms with van der Waals surface area (Å²) >= 11 is 0. The maximum Gasteiger partial charge on any atom is 0.254 e. The Morgan fingerprint density at radius 1 is 1.04 bits per heavy atom. The molecule has 26 heavy (non-hydrogen) atoms. The van der Waals surface area contributed by atoms with E-state index in [1.807, 2.05) is 37.3 Å². The number of aryl methyl sites for hydroxylation is 1. The Morgan fingerprint density at radius 3 is 2.46 bits per heavy atom. The van der Waals surface area contributed by atoms with Gasteiger partial charge in [-0.25, -0.2) is 0 Å². The van der Waals surface area contributed by atoms with Gasteiger partial charge in [-0.05, 0) is 42.8 Å². The molecule has 0 spiro atoms. The molecule has 1 heterocycles. The minimum Gasteiger partial charge on any atom is -0.497 e. The molecule has 1 aliphatic rings. The van der Waals surface area contributed by atoms with Crippen LogP contribution in [0.1, 0.15) is 15.9 Å². The first-order chi connectivity index (χ1) is 12.5. The Labute approximate surface area is 152 Å². The number of hydrogen-bond acceptors (Lipinski definition) is 4. The zero-order valence-electron chi connectivity index (χ0n) is 15.2. The van der Waals surface area contributed by atoms with Gasteiger partial charge in [0.2, 0.25) is 5.91 Å². The first-order valence-corrected chi connectivity index (χ1v) is 8.42. The summed E-state index contributed by atoms with van der Waals surface area (Å²) in [4.78, 5) is 28.7. The summed E-state index contributed by atoms with van der Waals surface area (Å²) < 4.78 is 10.5. The van der Waals surface area contributed by atoms with Crippen LogP contribution in [-0.2, 0) is 4.79 Å². The average Bonchev–Trinajstić information content (AvgIpc) is 2.67. The van der Waals surface area contributed by atoms with Gasteiger partial charge in [0.1, 0.15) is 18.0 Å². The topological polar surface area (TPSA) is 59.1 Å². The van der Waals surface area contributed by atoms with Crippen LogP contribution in [0.3, 0.4) is 0 Å². The molecule has 3 rings (SSSR count). The van der Waals surface area contributed by atoms with E-state index >= 15 is 0 Å². The standard InChI is InChI=1S/C20H22N2O4/c1-14-12-15(25-2)8-9-16(14)20(24)21-10-11-22(19(23)13-21)17-6-4-5-7-18(17)26-3/h4-9,12H,10-11,13H2,1-3H3. The number of anilines is 1. The van der Waals surface area contributed by atoms with Gasteiger partial charge in [-0.2, -0.15) is 0 Å². The molecule has 0 aliphatic carbocycles. The number of ether oxygens (including phenoxy) is 2. The molecule has 0 N–H and O–H groups in total. The predicted molar refractivity (Wildman–Crippen MR) is 99.0 cm³/mol. The summed E-state index contributed by atoms with van der Waals surface area (Å²) in [7, 11) is 3.17. The van der Waals surface area contributed by atoms with Crippen LogP contribution in [0.5, 0.6) is 11.5 Å². The minimum absolute atomic E-state index is 0.0440. The zero-order chi connectivity index (χ0) is 18.7. The summed E-state index contributed by atoms with van der Waals surface area (Å²) in [6.45, 7) is 2.80. The molecule has 6 nitrogen and oxygen atoms in total.